The number of hydrogen-bond acceptors (Lipinski definition) is 0. The Morgan fingerprint density at radius 3 is 1.94 bits per heavy atom. The molecule has 0 aliphatic carbocycles. The third-order valence-electron chi connectivity index (χ3n) is 1.74. The van der Waals surface area contributed by atoms with Gasteiger partial charge in [0.1, 0.15) is 5.82 Å². The highest BCUT2D eigenvalue weighted by molar-refractivity contribution is 5.27. The normalized spacial score (nSPS) is 12.9. The van der Waals surface area contributed by atoms with Gasteiger partial charge in [0.15, 0.2) is 0 Å². The maximum absolute atomic E-state index is 12.7. The molecule has 7 heteroatoms. The highest BCUT2D eigenvalue weighted by Gasteiger charge is 2.35. The van der Waals surface area contributed by atoms with E-state index in [1.165, 1.54) is 0 Å². The Morgan fingerprint density at radius 2 is 1.50 bits per heavy atom. The van der Waals surface area contributed by atoms with Crippen LogP contribution in [-0.2, 0) is 12.6 Å². The third kappa shape index (κ3) is 3.39. The number of rotatable bonds is 1. The van der Waals surface area contributed by atoms with Gasteiger partial charge in [-0.15, -0.1) is 0 Å². The molecule has 0 radical (unpaired) electrons. The fourth-order valence-electron chi connectivity index (χ4n) is 1.13. The van der Waals surface area contributed by atoms with Gasteiger partial charge in [0.05, 0.1) is 12.0 Å². The SMILES string of the molecule is Fc1ccc(CC(F)(F)F)cc1C(F)(F)F. The van der Waals surface area contributed by atoms with Gasteiger partial charge >= 0.3 is 12.4 Å². The van der Waals surface area contributed by atoms with E-state index in [9.17, 15) is 30.7 Å². The number of alkyl halides is 6. The standard InChI is InChI=1S/C9H5F7/c10-7-2-1-5(4-8(11,12)13)3-6(7)9(14,15)16/h1-3H,4H2. The van der Waals surface area contributed by atoms with Crippen LogP contribution in [0.3, 0.4) is 0 Å². The molecule has 0 saturated heterocycles. The quantitative estimate of drug-likeness (QED) is 0.658. The van der Waals surface area contributed by atoms with E-state index in [0.29, 0.717) is 12.1 Å². The zero-order valence-corrected chi connectivity index (χ0v) is 7.58. The summed E-state index contributed by atoms with van der Waals surface area (Å²) < 4.78 is 84.8. The van der Waals surface area contributed by atoms with Gasteiger partial charge in [-0.1, -0.05) is 6.07 Å². The number of benzene rings is 1. The van der Waals surface area contributed by atoms with Gasteiger partial charge in [-0.2, -0.15) is 26.3 Å². The first kappa shape index (κ1) is 12.8. The van der Waals surface area contributed by atoms with Crippen molar-refractivity contribution in [1.29, 1.82) is 0 Å². The first-order valence-corrected chi connectivity index (χ1v) is 4.02. The molecular weight excluding hydrogens is 241 g/mol. The van der Waals surface area contributed by atoms with E-state index in [1.54, 1.807) is 0 Å². The lowest BCUT2D eigenvalue weighted by Crippen LogP contribution is -2.14. The van der Waals surface area contributed by atoms with Crippen LogP contribution >= 0.6 is 0 Å². The monoisotopic (exact) mass is 246 g/mol. The van der Waals surface area contributed by atoms with E-state index < -0.39 is 35.7 Å². The molecule has 0 amide bonds. The Bertz CT molecular complexity index is 374. The molecule has 16 heavy (non-hydrogen) atoms. The van der Waals surface area contributed by atoms with E-state index in [-0.39, 0.29) is 6.07 Å². The van der Waals surface area contributed by atoms with Crippen molar-refractivity contribution in [1.82, 2.24) is 0 Å². The van der Waals surface area contributed by atoms with Crippen molar-refractivity contribution in [2.24, 2.45) is 0 Å². The van der Waals surface area contributed by atoms with Crippen LogP contribution in [0.4, 0.5) is 30.7 Å². The molecule has 0 fully saturated rings. The maximum Gasteiger partial charge on any atom is 0.419 e. The summed E-state index contributed by atoms with van der Waals surface area (Å²) in [5, 5.41) is 0. The lowest BCUT2D eigenvalue weighted by molar-refractivity contribution is -0.141. The molecule has 1 rings (SSSR count). The van der Waals surface area contributed by atoms with Gasteiger partial charge < -0.3 is 0 Å². The molecule has 0 nitrogen and oxygen atoms in total. The minimum Gasteiger partial charge on any atom is -0.206 e. The van der Waals surface area contributed by atoms with Gasteiger partial charge in [0.2, 0.25) is 0 Å². The van der Waals surface area contributed by atoms with Crippen molar-refractivity contribution in [2.75, 3.05) is 0 Å². The van der Waals surface area contributed by atoms with Crippen molar-refractivity contribution in [2.45, 2.75) is 18.8 Å². The Kier molecular flexibility index (Phi) is 3.16. The molecule has 0 N–H and O–H groups in total. The minimum absolute atomic E-state index is 0.169. The van der Waals surface area contributed by atoms with E-state index >= 15 is 0 Å². The molecule has 0 spiro atoms. The second-order valence-corrected chi connectivity index (χ2v) is 3.10. The summed E-state index contributed by atoms with van der Waals surface area (Å²) in [6, 6.07) is 1.23. The minimum atomic E-state index is -4.99. The van der Waals surface area contributed by atoms with Gasteiger partial charge in [0.25, 0.3) is 0 Å². The van der Waals surface area contributed by atoms with Crippen LogP contribution < -0.4 is 0 Å². The molecule has 0 atom stereocenters. The zero-order valence-electron chi connectivity index (χ0n) is 7.58. The van der Waals surface area contributed by atoms with Crippen LogP contribution in [-0.4, -0.2) is 6.18 Å². The van der Waals surface area contributed by atoms with Gasteiger partial charge in [-0.3, -0.25) is 0 Å². The Morgan fingerprint density at radius 1 is 0.938 bits per heavy atom. The highest BCUT2D eigenvalue weighted by Crippen LogP contribution is 2.33. The zero-order chi connectivity index (χ0) is 12.6. The summed E-state index contributed by atoms with van der Waals surface area (Å²) >= 11 is 0. The molecule has 1 aromatic rings. The average Bonchev–Trinajstić information content (AvgIpc) is 2.04. The lowest BCUT2D eigenvalue weighted by Gasteiger charge is -2.11. The summed E-state index contributed by atoms with van der Waals surface area (Å²) in [6.45, 7) is 0. The number of hydrogen-bond donors (Lipinski definition) is 0. The third-order valence-corrected chi connectivity index (χ3v) is 1.74. The average molecular weight is 246 g/mol. The topological polar surface area (TPSA) is 0 Å². The molecule has 0 aromatic heterocycles. The van der Waals surface area contributed by atoms with Crippen molar-refractivity contribution in [3.63, 3.8) is 0 Å². The van der Waals surface area contributed by atoms with Crippen LogP contribution in [0, 0.1) is 5.82 Å². The molecule has 0 unspecified atom stereocenters. The second-order valence-electron chi connectivity index (χ2n) is 3.10. The molecular formula is C9H5F7. The van der Waals surface area contributed by atoms with Gasteiger partial charge in [0, 0.05) is 0 Å². The van der Waals surface area contributed by atoms with Crippen LogP contribution in [0.5, 0.6) is 0 Å². The van der Waals surface area contributed by atoms with Gasteiger partial charge in [-0.05, 0) is 17.7 Å². The summed E-state index contributed by atoms with van der Waals surface area (Å²) in [4.78, 5) is 0. The predicted octanol–water partition coefficient (Wildman–Crippen LogP) is 3.95. The Labute approximate surface area is 85.7 Å². The van der Waals surface area contributed by atoms with Crippen molar-refractivity contribution in [3.05, 3.63) is 35.1 Å². The Balaban J connectivity index is 3.09. The van der Waals surface area contributed by atoms with E-state index in [2.05, 4.69) is 0 Å². The Hall–Kier alpha value is -1.27. The highest BCUT2D eigenvalue weighted by atomic mass is 19.4. The molecule has 0 heterocycles. The summed E-state index contributed by atoms with van der Waals surface area (Å²) in [6.07, 6.45) is -11.1. The molecule has 0 aliphatic rings. The van der Waals surface area contributed by atoms with E-state index in [4.69, 9.17) is 0 Å². The molecule has 1 aromatic carbocycles. The first-order valence-electron chi connectivity index (χ1n) is 4.02. The largest absolute Gasteiger partial charge is 0.419 e. The predicted molar refractivity (Wildman–Crippen MR) is 41.2 cm³/mol. The van der Waals surface area contributed by atoms with Gasteiger partial charge in [-0.25, -0.2) is 4.39 Å². The van der Waals surface area contributed by atoms with E-state index in [1.807, 2.05) is 0 Å². The van der Waals surface area contributed by atoms with Crippen LogP contribution in [0.25, 0.3) is 0 Å². The fourth-order valence-corrected chi connectivity index (χ4v) is 1.13. The van der Waals surface area contributed by atoms with Crippen molar-refractivity contribution in [3.8, 4) is 0 Å². The van der Waals surface area contributed by atoms with Crippen molar-refractivity contribution < 1.29 is 30.7 Å². The summed E-state index contributed by atoms with van der Waals surface area (Å²) in [7, 11) is 0. The molecule has 0 saturated carbocycles. The van der Waals surface area contributed by atoms with Crippen LogP contribution in [0.1, 0.15) is 11.1 Å². The van der Waals surface area contributed by atoms with Crippen molar-refractivity contribution >= 4 is 0 Å². The first-order chi connectivity index (χ1) is 7.09. The van der Waals surface area contributed by atoms with E-state index in [0.717, 1.165) is 0 Å². The summed E-state index contributed by atoms with van der Waals surface area (Å²) in [5.74, 6) is -1.58. The number of halogens is 7. The smallest absolute Gasteiger partial charge is 0.206 e. The summed E-state index contributed by atoms with van der Waals surface area (Å²) in [5.41, 5.74) is -2.31. The van der Waals surface area contributed by atoms with Crippen LogP contribution in [0.15, 0.2) is 18.2 Å². The molecule has 0 bridgehead atoms. The fraction of sp³-hybridized carbons (Fsp3) is 0.333. The molecule has 0 aliphatic heterocycles. The second kappa shape index (κ2) is 3.95. The lowest BCUT2D eigenvalue weighted by atomic mass is 10.1. The van der Waals surface area contributed by atoms with Crippen LogP contribution in [0.2, 0.25) is 0 Å². The maximum atomic E-state index is 12.7. The molecule has 90 valence electrons.